The number of esters is 2. The van der Waals surface area contributed by atoms with Gasteiger partial charge in [-0.05, 0) is 87.3 Å². The van der Waals surface area contributed by atoms with Gasteiger partial charge in [-0.3, -0.25) is 9.59 Å². The SMILES string of the molecule is CN(C(=O)Cc1ccc(Cl)c(Cl)c1)C(CCOC(=O)C(=O)OCCC(CN1CCCC1)N(C)C(=O)Cc1ccc(Cl)c(Cl)c1)CN1CCCC1. The minimum atomic E-state index is -1.09. The number of amides is 2. The highest BCUT2D eigenvalue weighted by molar-refractivity contribution is 6.42. The molecule has 2 saturated heterocycles. The van der Waals surface area contributed by atoms with Crippen LogP contribution in [0.1, 0.15) is 49.7 Å². The van der Waals surface area contributed by atoms with Crippen LogP contribution in [-0.2, 0) is 41.5 Å². The van der Waals surface area contributed by atoms with E-state index in [0.717, 1.165) is 63.0 Å². The number of hydrogen-bond donors (Lipinski definition) is 0. The molecule has 2 atom stereocenters. The molecule has 10 nitrogen and oxygen atoms in total. The number of ether oxygens (including phenoxy) is 2. The average molecular weight is 773 g/mol. The van der Waals surface area contributed by atoms with Crippen molar-refractivity contribution in [2.75, 3.05) is 66.6 Å². The third-order valence-corrected chi connectivity index (χ3v) is 10.9. The zero-order chi connectivity index (χ0) is 36.2. The van der Waals surface area contributed by atoms with E-state index in [1.165, 1.54) is 0 Å². The van der Waals surface area contributed by atoms with Crippen LogP contribution in [0.5, 0.6) is 0 Å². The topological polar surface area (TPSA) is 99.7 Å². The number of carbonyl (C=O) groups excluding carboxylic acids is 4. The van der Waals surface area contributed by atoms with Crippen LogP contribution < -0.4 is 0 Å². The molecule has 2 heterocycles. The first-order chi connectivity index (χ1) is 23.9. The van der Waals surface area contributed by atoms with Crippen molar-refractivity contribution in [1.82, 2.24) is 19.6 Å². The number of rotatable bonds is 16. The van der Waals surface area contributed by atoms with Gasteiger partial charge >= 0.3 is 11.9 Å². The minimum absolute atomic E-state index is 0.0552. The molecular formula is C36H46Cl4N4O6. The van der Waals surface area contributed by atoms with Crippen LogP contribution in [0.3, 0.4) is 0 Å². The van der Waals surface area contributed by atoms with E-state index in [1.807, 2.05) is 0 Å². The largest absolute Gasteiger partial charge is 0.457 e. The van der Waals surface area contributed by atoms with E-state index < -0.39 is 11.9 Å². The fourth-order valence-electron chi connectivity index (χ4n) is 6.34. The fraction of sp³-hybridized carbons (Fsp3) is 0.556. The van der Waals surface area contributed by atoms with Crippen LogP contribution in [0.25, 0.3) is 0 Å². The Hall–Kier alpha value is -2.60. The minimum Gasteiger partial charge on any atom is -0.457 e. The lowest BCUT2D eigenvalue weighted by Crippen LogP contribution is -2.46. The Balaban J connectivity index is 1.27. The van der Waals surface area contributed by atoms with Crippen LogP contribution >= 0.6 is 46.4 Å². The molecule has 0 bridgehead atoms. The van der Waals surface area contributed by atoms with Crippen molar-refractivity contribution in [2.45, 2.75) is 63.5 Å². The van der Waals surface area contributed by atoms with E-state index in [4.69, 9.17) is 55.9 Å². The zero-order valence-electron chi connectivity index (χ0n) is 28.7. The molecule has 2 aliphatic heterocycles. The second kappa shape index (κ2) is 19.9. The molecule has 2 aromatic rings. The monoisotopic (exact) mass is 770 g/mol. The summed E-state index contributed by atoms with van der Waals surface area (Å²) in [5.41, 5.74) is 1.49. The highest BCUT2D eigenvalue weighted by Crippen LogP contribution is 2.25. The molecule has 274 valence electrons. The molecule has 2 unspecified atom stereocenters. The lowest BCUT2D eigenvalue weighted by molar-refractivity contribution is -0.168. The standard InChI is InChI=1S/C36H46Cl4N4O6/c1-41(33(45)21-25-7-9-29(37)31(39)19-25)27(23-43-13-3-4-14-43)11-17-49-35(47)36(48)50-18-12-28(24-44-15-5-6-16-44)42(2)34(46)22-26-8-10-30(38)32(40)20-26/h7-10,19-20,27-28H,3-6,11-18,21-24H2,1-2H3. The first-order valence-corrected chi connectivity index (χ1v) is 18.6. The van der Waals surface area contributed by atoms with Gasteiger partial charge in [0.05, 0.1) is 46.1 Å². The molecule has 2 aliphatic rings. The Morgan fingerprint density at radius 2 is 0.980 bits per heavy atom. The average Bonchev–Trinajstić information content (AvgIpc) is 3.81. The van der Waals surface area contributed by atoms with Gasteiger partial charge in [-0.25, -0.2) is 9.59 Å². The highest BCUT2D eigenvalue weighted by atomic mass is 35.5. The van der Waals surface area contributed by atoms with Crippen molar-refractivity contribution in [3.63, 3.8) is 0 Å². The van der Waals surface area contributed by atoms with Gasteiger partial charge in [0.2, 0.25) is 11.8 Å². The number of likely N-dealkylation sites (N-methyl/N-ethyl adjacent to an activating group) is 2. The number of carbonyl (C=O) groups is 4. The predicted octanol–water partition coefficient (Wildman–Crippen LogP) is 5.80. The van der Waals surface area contributed by atoms with Crippen LogP contribution in [0.15, 0.2) is 36.4 Å². The molecule has 50 heavy (non-hydrogen) atoms. The Morgan fingerprint density at radius 3 is 1.32 bits per heavy atom. The summed E-state index contributed by atoms with van der Waals surface area (Å²) in [7, 11) is 3.48. The zero-order valence-corrected chi connectivity index (χ0v) is 31.7. The van der Waals surface area contributed by atoms with Crippen molar-refractivity contribution in [2.24, 2.45) is 0 Å². The summed E-state index contributed by atoms with van der Waals surface area (Å²) < 4.78 is 10.6. The molecule has 0 aliphatic carbocycles. The number of likely N-dealkylation sites (tertiary alicyclic amines) is 2. The van der Waals surface area contributed by atoms with Crippen LogP contribution in [-0.4, -0.2) is 122 Å². The lowest BCUT2D eigenvalue weighted by atomic mass is 10.1. The molecule has 2 amide bonds. The van der Waals surface area contributed by atoms with Crippen molar-refractivity contribution >= 4 is 70.2 Å². The van der Waals surface area contributed by atoms with E-state index in [0.29, 0.717) is 46.0 Å². The number of benzene rings is 2. The van der Waals surface area contributed by atoms with Crippen molar-refractivity contribution in [3.8, 4) is 0 Å². The van der Waals surface area contributed by atoms with Crippen molar-refractivity contribution in [1.29, 1.82) is 0 Å². The summed E-state index contributed by atoms with van der Waals surface area (Å²) in [6.07, 6.45) is 5.35. The quantitative estimate of drug-likeness (QED) is 0.156. The Morgan fingerprint density at radius 1 is 0.620 bits per heavy atom. The summed E-state index contributed by atoms with van der Waals surface area (Å²) in [4.78, 5) is 59.6. The molecular weight excluding hydrogens is 726 g/mol. The molecule has 2 fully saturated rings. The Labute approximate surface area is 314 Å². The van der Waals surface area contributed by atoms with Gasteiger partial charge in [0.1, 0.15) is 0 Å². The highest BCUT2D eigenvalue weighted by Gasteiger charge is 2.28. The molecule has 0 spiro atoms. The fourth-order valence-corrected chi connectivity index (χ4v) is 6.98. The number of nitrogens with zero attached hydrogens (tertiary/aromatic N) is 4. The smallest absolute Gasteiger partial charge is 0.417 e. The van der Waals surface area contributed by atoms with Gasteiger partial charge in [0.25, 0.3) is 0 Å². The van der Waals surface area contributed by atoms with Crippen LogP contribution in [0, 0.1) is 0 Å². The molecule has 0 N–H and O–H groups in total. The molecule has 0 saturated carbocycles. The Bertz CT molecular complexity index is 1370. The summed E-state index contributed by atoms with van der Waals surface area (Å²) in [6, 6.07) is 9.75. The van der Waals surface area contributed by atoms with Gasteiger partial charge in [-0.2, -0.15) is 0 Å². The summed E-state index contributed by atoms with van der Waals surface area (Å²) in [5, 5.41) is 1.61. The van der Waals surface area contributed by atoms with Gasteiger partial charge in [0, 0.05) is 52.1 Å². The summed E-state index contributed by atoms with van der Waals surface area (Å²) in [5.74, 6) is -2.39. The van der Waals surface area contributed by atoms with E-state index >= 15 is 0 Å². The van der Waals surface area contributed by atoms with E-state index in [9.17, 15) is 19.2 Å². The van der Waals surface area contributed by atoms with Crippen molar-refractivity contribution < 1.29 is 28.7 Å². The maximum absolute atomic E-state index is 13.2. The molecule has 14 heteroatoms. The Kier molecular flexibility index (Phi) is 16.0. The molecule has 0 aromatic heterocycles. The first-order valence-electron chi connectivity index (χ1n) is 17.1. The lowest BCUT2D eigenvalue weighted by Gasteiger charge is -2.32. The second-order valence-electron chi connectivity index (χ2n) is 13.0. The third-order valence-electron chi connectivity index (χ3n) is 9.43. The van der Waals surface area contributed by atoms with Crippen LogP contribution in [0.4, 0.5) is 0 Å². The molecule has 4 rings (SSSR count). The summed E-state index contributed by atoms with van der Waals surface area (Å²) in [6.45, 7) is 4.89. The third kappa shape index (κ3) is 12.3. The number of halogens is 4. The van der Waals surface area contributed by atoms with Gasteiger partial charge in [0.15, 0.2) is 0 Å². The molecule has 2 aromatic carbocycles. The number of hydrogen-bond acceptors (Lipinski definition) is 8. The van der Waals surface area contributed by atoms with Gasteiger partial charge in [-0.15, -0.1) is 0 Å². The maximum Gasteiger partial charge on any atom is 0.417 e. The first kappa shape index (κ1) is 40.2. The maximum atomic E-state index is 13.2. The van der Waals surface area contributed by atoms with Gasteiger partial charge < -0.3 is 29.1 Å². The molecule has 0 radical (unpaired) electrons. The van der Waals surface area contributed by atoms with Crippen LogP contribution in [0.2, 0.25) is 20.1 Å². The van der Waals surface area contributed by atoms with E-state index in [-0.39, 0.29) is 50.0 Å². The summed E-state index contributed by atoms with van der Waals surface area (Å²) >= 11 is 24.3. The predicted molar refractivity (Wildman–Crippen MR) is 196 cm³/mol. The van der Waals surface area contributed by atoms with Crippen molar-refractivity contribution in [3.05, 3.63) is 67.6 Å². The van der Waals surface area contributed by atoms with Gasteiger partial charge in [-0.1, -0.05) is 58.5 Å². The second-order valence-corrected chi connectivity index (χ2v) is 14.7. The van der Waals surface area contributed by atoms with E-state index in [1.54, 1.807) is 60.3 Å². The normalized spacial score (nSPS) is 16.2. The van der Waals surface area contributed by atoms with E-state index in [2.05, 4.69) is 9.80 Å².